The quantitative estimate of drug-likeness (QED) is 0.684. The zero-order valence-electron chi connectivity index (χ0n) is 10.8. The number of unbranched alkanes of at least 4 members (excludes halogenated alkanes) is 1. The van der Waals surface area contributed by atoms with Crippen molar-refractivity contribution in [2.24, 2.45) is 0 Å². The molecular weight excluding hydrogens is 258 g/mol. The number of pyridine rings is 1. The predicted octanol–water partition coefficient (Wildman–Crippen LogP) is 3.97. The molecule has 1 radical (unpaired) electrons. The molecule has 3 nitrogen and oxygen atoms in total. The van der Waals surface area contributed by atoms with Crippen LogP contribution in [0.3, 0.4) is 0 Å². The summed E-state index contributed by atoms with van der Waals surface area (Å²) in [4.78, 5) is 4.00. The van der Waals surface area contributed by atoms with Crippen molar-refractivity contribution in [1.82, 2.24) is 4.98 Å². The van der Waals surface area contributed by atoms with Gasteiger partial charge in [-0.2, -0.15) is 0 Å². The summed E-state index contributed by atoms with van der Waals surface area (Å²) in [6.45, 7) is 4.71. The first kappa shape index (κ1) is 13.9. The minimum absolute atomic E-state index is 0.0111. The number of thiophene rings is 1. The summed E-state index contributed by atoms with van der Waals surface area (Å²) in [6, 6.07) is 7.73. The normalized spacial score (nSPS) is 12.1. The van der Waals surface area contributed by atoms with Gasteiger partial charge < -0.3 is 9.47 Å². The van der Waals surface area contributed by atoms with Gasteiger partial charge in [0.2, 0.25) is 0 Å². The average molecular weight is 276 g/mol. The molecule has 2 rings (SSSR count). The van der Waals surface area contributed by atoms with E-state index in [1.807, 2.05) is 29.6 Å². The SMILES string of the molecule is [CH2]C(CCCCOc1cccnc1)Oc1cccs1. The molecule has 0 aromatic carbocycles. The molecule has 0 amide bonds. The maximum atomic E-state index is 5.68. The molecule has 2 aromatic rings. The summed E-state index contributed by atoms with van der Waals surface area (Å²) >= 11 is 1.60. The Kier molecular flexibility index (Phi) is 5.69. The molecule has 0 saturated carbocycles. The Bertz CT molecular complexity index is 444. The molecule has 2 heterocycles. The van der Waals surface area contributed by atoms with E-state index < -0.39 is 0 Å². The number of ether oxygens (including phenoxy) is 2. The average Bonchev–Trinajstić information content (AvgIpc) is 2.92. The third kappa shape index (κ3) is 5.30. The summed E-state index contributed by atoms with van der Waals surface area (Å²) in [7, 11) is 0. The van der Waals surface area contributed by atoms with E-state index in [-0.39, 0.29) is 6.10 Å². The highest BCUT2D eigenvalue weighted by Gasteiger charge is 2.04. The minimum Gasteiger partial charge on any atom is -0.492 e. The number of rotatable bonds is 8. The second-order valence-electron chi connectivity index (χ2n) is 4.20. The van der Waals surface area contributed by atoms with Crippen LogP contribution in [0.2, 0.25) is 0 Å². The van der Waals surface area contributed by atoms with Crippen LogP contribution in [0.1, 0.15) is 19.3 Å². The maximum absolute atomic E-state index is 5.68. The number of aromatic nitrogens is 1. The molecule has 2 aromatic heterocycles. The van der Waals surface area contributed by atoms with E-state index >= 15 is 0 Å². The van der Waals surface area contributed by atoms with Crippen molar-refractivity contribution in [2.75, 3.05) is 6.61 Å². The van der Waals surface area contributed by atoms with Gasteiger partial charge in [-0.1, -0.05) is 0 Å². The summed E-state index contributed by atoms with van der Waals surface area (Å²) < 4.78 is 11.2. The standard InChI is InChI=1S/C15H18NO2S/c1-13(18-15-8-5-11-19-15)6-2-3-10-17-14-7-4-9-16-12-14/h4-5,7-9,11-13H,1-3,6,10H2. The van der Waals surface area contributed by atoms with Crippen LogP contribution in [0, 0.1) is 6.92 Å². The summed E-state index contributed by atoms with van der Waals surface area (Å²) in [6.07, 6.45) is 6.45. The topological polar surface area (TPSA) is 31.4 Å². The van der Waals surface area contributed by atoms with Crippen molar-refractivity contribution in [3.8, 4) is 10.8 Å². The van der Waals surface area contributed by atoms with Crippen LogP contribution in [-0.2, 0) is 0 Å². The molecular formula is C15H18NO2S. The molecule has 0 fully saturated rings. The zero-order chi connectivity index (χ0) is 13.3. The van der Waals surface area contributed by atoms with Gasteiger partial charge in [-0.05, 0) is 55.8 Å². The van der Waals surface area contributed by atoms with Crippen molar-refractivity contribution >= 4 is 11.3 Å². The van der Waals surface area contributed by atoms with Crippen molar-refractivity contribution in [3.63, 3.8) is 0 Å². The van der Waals surface area contributed by atoms with Crippen molar-refractivity contribution in [2.45, 2.75) is 25.4 Å². The van der Waals surface area contributed by atoms with E-state index in [2.05, 4.69) is 11.9 Å². The van der Waals surface area contributed by atoms with Crippen LogP contribution >= 0.6 is 11.3 Å². The predicted molar refractivity (Wildman–Crippen MR) is 77.7 cm³/mol. The molecule has 0 N–H and O–H groups in total. The van der Waals surface area contributed by atoms with Crippen LogP contribution in [-0.4, -0.2) is 17.7 Å². The first-order valence-electron chi connectivity index (χ1n) is 6.40. The highest BCUT2D eigenvalue weighted by atomic mass is 32.1. The fourth-order valence-corrected chi connectivity index (χ4v) is 2.29. The Balaban J connectivity index is 1.54. The number of hydrogen-bond donors (Lipinski definition) is 0. The Labute approximate surface area is 118 Å². The van der Waals surface area contributed by atoms with E-state index in [4.69, 9.17) is 9.47 Å². The largest absolute Gasteiger partial charge is 0.492 e. The van der Waals surface area contributed by atoms with Gasteiger partial charge in [-0.3, -0.25) is 4.98 Å². The van der Waals surface area contributed by atoms with Gasteiger partial charge in [0, 0.05) is 6.20 Å². The molecule has 1 atom stereocenters. The van der Waals surface area contributed by atoms with E-state index in [1.54, 1.807) is 23.7 Å². The van der Waals surface area contributed by atoms with Crippen LogP contribution < -0.4 is 9.47 Å². The van der Waals surface area contributed by atoms with Crippen molar-refractivity contribution < 1.29 is 9.47 Å². The van der Waals surface area contributed by atoms with Gasteiger partial charge in [0.15, 0.2) is 5.06 Å². The molecule has 0 spiro atoms. The van der Waals surface area contributed by atoms with Crippen LogP contribution in [0.5, 0.6) is 10.8 Å². The monoisotopic (exact) mass is 276 g/mol. The van der Waals surface area contributed by atoms with E-state index in [0.717, 1.165) is 30.1 Å². The fourth-order valence-electron chi connectivity index (χ4n) is 1.65. The number of hydrogen-bond acceptors (Lipinski definition) is 4. The highest BCUT2D eigenvalue weighted by Crippen LogP contribution is 2.20. The lowest BCUT2D eigenvalue weighted by atomic mass is 10.2. The second kappa shape index (κ2) is 7.79. The summed E-state index contributed by atoms with van der Waals surface area (Å²) in [5, 5.41) is 2.94. The molecule has 1 unspecified atom stereocenters. The molecule has 0 saturated heterocycles. The second-order valence-corrected chi connectivity index (χ2v) is 5.12. The smallest absolute Gasteiger partial charge is 0.174 e. The molecule has 0 aliphatic carbocycles. The van der Waals surface area contributed by atoms with Gasteiger partial charge in [0.25, 0.3) is 0 Å². The summed E-state index contributed by atoms with van der Waals surface area (Å²) in [5.74, 6) is 0.823. The van der Waals surface area contributed by atoms with Crippen molar-refractivity contribution in [1.29, 1.82) is 0 Å². The Morgan fingerprint density at radius 1 is 1.26 bits per heavy atom. The lowest BCUT2D eigenvalue weighted by Gasteiger charge is -2.12. The van der Waals surface area contributed by atoms with E-state index in [0.29, 0.717) is 6.61 Å². The van der Waals surface area contributed by atoms with Gasteiger partial charge in [-0.25, -0.2) is 0 Å². The molecule has 0 aliphatic heterocycles. The first-order valence-corrected chi connectivity index (χ1v) is 7.28. The van der Waals surface area contributed by atoms with Crippen LogP contribution in [0.4, 0.5) is 0 Å². The molecule has 19 heavy (non-hydrogen) atoms. The van der Waals surface area contributed by atoms with Crippen molar-refractivity contribution in [3.05, 3.63) is 49.0 Å². The highest BCUT2D eigenvalue weighted by molar-refractivity contribution is 7.11. The van der Waals surface area contributed by atoms with Gasteiger partial charge >= 0.3 is 0 Å². The van der Waals surface area contributed by atoms with E-state index in [1.165, 1.54) is 0 Å². The first-order chi connectivity index (χ1) is 9.34. The Hall–Kier alpha value is -1.55. The molecule has 4 heteroatoms. The molecule has 0 bridgehead atoms. The third-order valence-electron chi connectivity index (χ3n) is 2.60. The molecule has 101 valence electrons. The van der Waals surface area contributed by atoms with Crippen LogP contribution in [0.25, 0.3) is 0 Å². The zero-order valence-corrected chi connectivity index (χ0v) is 11.6. The Morgan fingerprint density at radius 3 is 2.95 bits per heavy atom. The van der Waals surface area contributed by atoms with Crippen LogP contribution in [0.15, 0.2) is 42.0 Å². The van der Waals surface area contributed by atoms with Gasteiger partial charge in [0.05, 0.1) is 18.9 Å². The van der Waals surface area contributed by atoms with Gasteiger partial charge in [-0.15, -0.1) is 11.3 Å². The molecule has 0 aliphatic rings. The fraction of sp³-hybridized carbons (Fsp3) is 0.333. The van der Waals surface area contributed by atoms with E-state index in [9.17, 15) is 0 Å². The minimum atomic E-state index is 0.0111. The summed E-state index contributed by atoms with van der Waals surface area (Å²) in [5.41, 5.74) is 0. The van der Waals surface area contributed by atoms with Gasteiger partial charge in [0.1, 0.15) is 5.75 Å². The third-order valence-corrected chi connectivity index (χ3v) is 3.36. The maximum Gasteiger partial charge on any atom is 0.174 e. The lowest BCUT2D eigenvalue weighted by molar-refractivity contribution is 0.230. The number of nitrogens with zero attached hydrogens (tertiary/aromatic N) is 1. The Morgan fingerprint density at radius 2 is 2.21 bits per heavy atom. The lowest BCUT2D eigenvalue weighted by Crippen LogP contribution is -2.11.